The molecule has 2 atom stereocenters. The van der Waals surface area contributed by atoms with Gasteiger partial charge in [-0.15, -0.1) is 11.8 Å². The Labute approximate surface area is 136 Å². The quantitative estimate of drug-likeness (QED) is 0.789. The average molecular weight is 325 g/mol. The number of carbonyl (C=O) groups is 1. The Hall–Kier alpha value is -0.650. The molecule has 0 aliphatic carbocycles. The van der Waals surface area contributed by atoms with Crippen LogP contribution in [0.4, 0.5) is 0 Å². The summed E-state index contributed by atoms with van der Waals surface area (Å²) in [5, 5.41) is 6.50. The van der Waals surface area contributed by atoms with Crippen LogP contribution in [0, 0.1) is 0 Å². The van der Waals surface area contributed by atoms with Crippen molar-refractivity contribution in [2.45, 2.75) is 37.2 Å². The van der Waals surface area contributed by atoms with Gasteiger partial charge in [-0.3, -0.25) is 4.79 Å². The number of hydrogen-bond acceptors (Lipinski definition) is 4. The molecule has 1 saturated heterocycles. The Kier molecular flexibility index (Phi) is 6.93. The van der Waals surface area contributed by atoms with Crippen LogP contribution in [-0.4, -0.2) is 35.8 Å². The highest BCUT2D eigenvalue weighted by Crippen LogP contribution is 2.21. The zero-order valence-electron chi connectivity index (χ0n) is 12.7. The number of nitrogens with one attached hydrogen (secondary N) is 2. The highest BCUT2D eigenvalue weighted by molar-refractivity contribution is 7.99. The van der Waals surface area contributed by atoms with Gasteiger partial charge in [0.25, 0.3) is 0 Å². The molecule has 0 aromatic heterocycles. The fourth-order valence-corrected chi connectivity index (χ4v) is 3.99. The van der Waals surface area contributed by atoms with E-state index in [0.717, 1.165) is 29.4 Å². The van der Waals surface area contributed by atoms with Crippen molar-refractivity contribution >= 4 is 29.4 Å². The lowest BCUT2D eigenvalue weighted by Crippen LogP contribution is -2.41. The van der Waals surface area contributed by atoms with Crippen LogP contribution in [0.5, 0.6) is 0 Å². The lowest BCUT2D eigenvalue weighted by atomic mass is 10.1. The van der Waals surface area contributed by atoms with Crippen molar-refractivity contribution in [1.82, 2.24) is 10.6 Å². The lowest BCUT2D eigenvalue weighted by molar-refractivity contribution is -0.122. The molecular formula is C16H24N2OS2. The third kappa shape index (κ3) is 5.57. The maximum Gasteiger partial charge on any atom is 0.222 e. The molecule has 0 spiro atoms. The minimum Gasteiger partial charge on any atom is -0.350 e. The molecule has 0 saturated carbocycles. The summed E-state index contributed by atoms with van der Waals surface area (Å²) in [7, 11) is 0. The third-order valence-electron chi connectivity index (χ3n) is 3.50. The molecule has 21 heavy (non-hydrogen) atoms. The average Bonchev–Trinajstić information content (AvgIpc) is 2.49. The van der Waals surface area contributed by atoms with E-state index in [1.54, 1.807) is 0 Å². The molecule has 1 aliphatic rings. The first-order chi connectivity index (χ1) is 10.2. The first-order valence-electron chi connectivity index (χ1n) is 7.52. The zero-order valence-corrected chi connectivity index (χ0v) is 14.4. The Balaban J connectivity index is 1.82. The van der Waals surface area contributed by atoms with Crippen molar-refractivity contribution in [2.75, 3.05) is 23.8 Å². The van der Waals surface area contributed by atoms with Crippen LogP contribution in [0.15, 0.2) is 29.2 Å². The van der Waals surface area contributed by atoms with Crippen LogP contribution < -0.4 is 10.6 Å². The van der Waals surface area contributed by atoms with Gasteiger partial charge >= 0.3 is 0 Å². The van der Waals surface area contributed by atoms with Gasteiger partial charge in [0.15, 0.2) is 0 Å². The van der Waals surface area contributed by atoms with E-state index in [1.165, 1.54) is 4.90 Å². The van der Waals surface area contributed by atoms with Crippen molar-refractivity contribution in [2.24, 2.45) is 0 Å². The molecule has 1 fully saturated rings. The number of thioether (sulfide) groups is 2. The summed E-state index contributed by atoms with van der Waals surface area (Å²) >= 11 is 3.76. The third-order valence-corrected chi connectivity index (χ3v) is 5.52. The van der Waals surface area contributed by atoms with Gasteiger partial charge in [-0.05, 0) is 30.4 Å². The Morgan fingerprint density at radius 2 is 2.24 bits per heavy atom. The van der Waals surface area contributed by atoms with Crippen molar-refractivity contribution in [3.05, 3.63) is 29.8 Å². The maximum atomic E-state index is 12.1. The molecular weight excluding hydrogens is 300 g/mol. The number of amides is 1. The van der Waals surface area contributed by atoms with E-state index in [-0.39, 0.29) is 11.9 Å². The van der Waals surface area contributed by atoms with Gasteiger partial charge in [0, 0.05) is 35.4 Å². The Morgan fingerprint density at radius 3 is 2.86 bits per heavy atom. The van der Waals surface area contributed by atoms with Crippen LogP contribution in [0.25, 0.3) is 0 Å². The second-order valence-corrected chi connectivity index (χ2v) is 7.71. The van der Waals surface area contributed by atoms with Gasteiger partial charge in [-0.25, -0.2) is 0 Å². The summed E-state index contributed by atoms with van der Waals surface area (Å²) in [5.74, 6) is 3.40. The highest BCUT2D eigenvalue weighted by Gasteiger charge is 2.18. The standard InChI is InChI=1S/C16H24N2OS2/c1-3-21-15-6-4-13(5-7-15)12(2)18-16(19)10-14-11-20-9-8-17-14/h4-7,12,14,17H,3,8-11H2,1-2H3,(H,18,19). The van der Waals surface area contributed by atoms with Crippen LogP contribution in [0.2, 0.25) is 0 Å². The molecule has 0 radical (unpaired) electrons. The molecule has 1 heterocycles. The maximum absolute atomic E-state index is 12.1. The summed E-state index contributed by atoms with van der Waals surface area (Å²) in [6.45, 7) is 5.21. The molecule has 1 aliphatic heterocycles. The van der Waals surface area contributed by atoms with E-state index in [1.807, 2.05) is 30.4 Å². The van der Waals surface area contributed by atoms with E-state index in [2.05, 4.69) is 41.8 Å². The predicted molar refractivity (Wildman–Crippen MR) is 93.1 cm³/mol. The van der Waals surface area contributed by atoms with E-state index >= 15 is 0 Å². The molecule has 2 N–H and O–H groups in total. The van der Waals surface area contributed by atoms with Crippen molar-refractivity contribution < 1.29 is 4.79 Å². The molecule has 3 nitrogen and oxygen atoms in total. The molecule has 5 heteroatoms. The summed E-state index contributed by atoms with van der Waals surface area (Å²) < 4.78 is 0. The van der Waals surface area contributed by atoms with Gasteiger partial charge in [0.2, 0.25) is 5.91 Å². The van der Waals surface area contributed by atoms with E-state index in [4.69, 9.17) is 0 Å². The van der Waals surface area contributed by atoms with Gasteiger partial charge < -0.3 is 10.6 Å². The first kappa shape index (κ1) is 16.7. The van der Waals surface area contributed by atoms with Crippen LogP contribution in [0.3, 0.4) is 0 Å². The topological polar surface area (TPSA) is 41.1 Å². The first-order valence-corrected chi connectivity index (χ1v) is 9.66. The number of hydrogen-bond donors (Lipinski definition) is 2. The number of rotatable bonds is 6. The molecule has 1 amide bonds. The van der Waals surface area contributed by atoms with Gasteiger partial charge in [0.05, 0.1) is 6.04 Å². The lowest BCUT2D eigenvalue weighted by Gasteiger charge is -2.23. The zero-order chi connectivity index (χ0) is 15.1. The summed E-state index contributed by atoms with van der Waals surface area (Å²) in [4.78, 5) is 13.4. The normalized spacial score (nSPS) is 20.0. The van der Waals surface area contributed by atoms with Gasteiger partial charge in [-0.2, -0.15) is 11.8 Å². The molecule has 0 bridgehead atoms. The molecule has 116 valence electrons. The fourth-order valence-electron chi connectivity index (χ4n) is 2.38. The van der Waals surface area contributed by atoms with E-state index in [9.17, 15) is 4.79 Å². The Morgan fingerprint density at radius 1 is 1.48 bits per heavy atom. The second-order valence-electron chi connectivity index (χ2n) is 5.22. The van der Waals surface area contributed by atoms with E-state index < -0.39 is 0 Å². The summed E-state index contributed by atoms with van der Waals surface area (Å²) in [6.07, 6.45) is 0.571. The molecule has 1 aromatic carbocycles. The van der Waals surface area contributed by atoms with Gasteiger partial charge in [0.1, 0.15) is 0 Å². The summed E-state index contributed by atoms with van der Waals surface area (Å²) in [5.41, 5.74) is 1.16. The molecule has 2 unspecified atom stereocenters. The molecule has 1 aromatic rings. The van der Waals surface area contributed by atoms with Crippen molar-refractivity contribution in [3.8, 4) is 0 Å². The largest absolute Gasteiger partial charge is 0.350 e. The smallest absolute Gasteiger partial charge is 0.222 e. The highest BCUT2D eigenvalue weighted by atomic mass is 32.2. The Bertz CT molecular complexity index is 444. The fraction of sp³-hybridized carbons (Fsp3) is 0.562. The SMILES string of the molecule is CCSc1ccc(C(C)NC(=O)CC2CSCCN2)cc1. The minimum absolute atomic E-state index is 0.0643. The number of carbonyl (C=O) groups excluding carboxylic acids is 1. The van der Waals surface area contributed by atoms with E-state index in [0.29, 0.717) is 12.5 Å². The van der Waals surface area contributed by atoms with Crippen LogP contribution in [0.1, 0.15) is 31.9 Å². The predicted octanol–water partition coefficient (Wildman–Crippen LogP) is 3.07. The minimum atomic E-state index is 0.0643. The van der Waals surface area contributed by atoms with Crippen molar-refractivity contribution in [1.29, 1.82) is 0 Å². The monoisotopic (exact) mass is 324 g/mol. The second kappa shape index (κ2) is 8.71. The van der Waals surface area contributed by atoms with Crippen LogP contribution >= 0.6 is 23.5 Å². The van der Waals surface area contributed by atoms with Crippen molar-refractivity contribution in [3.63, 3.8) is 0 Å². The molecule has 2 rings (SSSR count). The van der Waals surface area contributed by atoms with Gasteiger partial charge in [-0.1, -0.05) is 19.1 Å². The van der Waals surface area contributed by atoms with Crippen LogP contribution in [-0.2, 0) is 4.79 Å². The number of benzene rings is 1. The summed E-state index contributed by atoms with van der Waals surface area (Å²) in [6, 6.07) is 8.86.